The highest BCUT2D eigenvalue weighted by Gasteiger charge is 2.42. The first-order chi connectivity index (χ1) is 9.10. The number of hydrogen-bond donors (Lipinski definition) is 0. The van der Waals surface area contributed by atoms with Gasteiger partial charge in [-0.3, -0.25) is 19.2 Å². The molecule has 0 fully saturated rings. The first kappa shape index (κ1) is 12.9. The maximum atomic E-state index is 12.0. The fourth-order valence-corrected chi connectivity index (χ4v) is 1.84. The Morgan fingerprint density at radius 2 is 2.05 bits per heavy atom. The van der Waals surface area contributed by atoms with E-state index in [1.165, 1.54) is 18.2 Å². The molecule has 1 unspecified atom stereocenters. The van der Waals surface area contributed by atoms with Crippen molar-refractivity contribution in [3.05, 3.63) is 29.3 Å². The highest BCUT2D eigenvalue weighted by atomic mass is 16.5. The molecule has 1 atom stereocenters. The molecule has 0 aliphatic heterocycles. The summed E-state index contributed by atoms with van der Waals surface area (Å²) in [5, 5.41) is 0. The van der Waals surface area contributed by atoms with Crippen LogP contribution in [0.4, 0.5) is 0 Å². The molecule has 6 heteroatoms. The highest BCUT2D eigenvalue weighted by molar-refractivity contribution is 6.30. The molecule has 0 radical (unpaired) electrons. The number of Topliss-reactive ketones (excluding diaryl/α,β-unsaturated/α-hetero) is 2. The fraction of sp³-hybridized carbons (Fsp3) is 0.231. The Bertz CT molecular complexity index is 574. The molecule has 0 bridgehead atoms. The molecule has 1 aromatic rings. The molecule has 0 aromatic heterocycles. The third-order valence-corrected chi connectivity index (χ3v) is 2.72. The van der Waals surface area contributed by atoms with Crippen LogP contribution < -0.4 is 4.74 Å². The van der Waals surface area contributed by atoms with Gasteiger partial charge in [-0.15, -0.1) is 0 Å². The number of esters is 1. The number of rotatable bonds is 4. The van der Waals surface area contributed by atoms with E-state index in [4.69, 9.17) is 4.74 Å². The van der Waals surface area contributed by atoms with Gasteiger partial charge in [0.15, 0.2) is 0 Å². The third-order valence-electron chi connectivity index (χ3n) is 2.72. The second-order valence-electron chi connectivity index (χ2n) is 3.85. The Morgan fingerprint density at radius 1 is 1.32 bits per heavy atom. The molecule has 0 spiro atoms. The molecule has 6 nitrogen and oxygen atoms in total. The number of carbonyl (C=O) groups excluding carboxylic acids is 4. The van der Waals surface area contributed by atoms with Gasteiger partial charge in [-0.25, -0.2) is 0 Å². The van der Waals surface area contributed by atoms with Crippen molar-refractivity contribution in [2.24, 2.45) is 0 Å². The van der Waals surface area contributed by atoms with Crippen LogP contribution in [0.15, 0.2) is 18.2 Å². The highest BCUT2D eigenvalue weighted by Crippen LogP contribution is 2.32. The summed E-state index contributed by atoms with van der Waals surface area (Å²) < 4.78 is 9.47. The van der Waals surface area contributed by atoms with Crippen LogP contribution in [0.3, 0.4) is 0 Å². The summed E-state index contributed by atoms with van der Waals surface area (Å²) >= 11 is 0. The number of hydrogen-bond acceptors (Lipinski definition) is 6. The van der Waals surface area contributed by atoms with Gasteiger partial charge in [0, 0.05) is 12.0 Å². The van der Waals surface area contributed by atoms with Crippen LogP contribution in [-0.2, 0) is 14.3 Å². The van der Waals surface area contributed by atoms with E-state index in [9.17, 15) is 19.2 Å². The van der Waals surface area contributed by atoms with Crippen LogP contribution in [0.25, 0.3) is 0 Å². The quantitative estimate of drug-likeness (QED) is 0.347. The van der Waals surface area contributed by atoms with Crippen molar-refractivity contribution in [3.63, 3.8) is 0 Å². The van der Waals surface area contributed by atoms with Crippen molar-refractivity contribution >= 4 is 24.0 Å². The minimum Gasteiger partial charge on any atom is -0.448 e. The van der Waals surface area contributed by atoms with Crippen molar-refractivity contribution in [3.8, 4) is 5.75 Å². The lowest BCUT2D eigenvalue weighted by atomic mass is 10.1. The molecule has 0 saturated carbocycles. The van der Waals surface area contributed by atoms with Gasteiger partial charge in [0.1, 0.15) is 5.75 Å². The Kier molecular flexibility index (Phi) is 3.41. The lowest BCUT2D eigenvalue weighted by molar-refractivity contribution is -0.134. The van der Waals surface area contributed by atoms with Gasteiger partial charge < -0.3 is 9.47 Å². The molecule has 1 aromatic carbocycles. The number of fused-ring (bicyclic) bond motifs is 1. The summed E-state index contributed by atoms with van der Waals surface area (Å²) in [6.07, 6.45) is -1.34. The summed E-state index contributed by atoms with van der Waals surface area (Å²) in [4.78, 5) is 45.4. The average Bonchev–Trinajstić information content (AvgIpc) is 2.65. The van der Waals surface area contributed by atoms with Crippen molar-refractivity contribution in [1.29, 1.82) is 0 Å². The second-order valence-corrected chi connectivity index (χ2v) is 3.85. The second kappa shape index (κ2) is 5.01. The fourth-order valence-electron chi connectivity index (χ4n) is 1.84. The molecular weight excluding hydrogens is 252 g/mol. The molecule has 0 N–H and O–H groups in total. The first-order valence-corrected chi connectivity index (χ1v) is 5.61. The maximum absolute atomic E-state index is 12.0. The van der Waals surface area contributed by atoms with E-state index >= 15 is 0 Å². The van der Waals surface area contributed by atoms with Crippen LogP contribution in [0.1, 0.15) is 34.1 Å². The van der Waals surface area contributed by atoms with Gasteiger partial charge in [-0.05, 0) is 6.07 Å². The van der Waals surface area contributed by atoms with E-state index in [1.807, 2.05) is 0 Å². The van der Waals surface area contributed by atoms with Gasteiger partial charge in [0.05, 0.1) is 5.56 Å². The van der Waals surface area contributed by atoms with Crippen LogP contribution in [0.2, 0.25) is 0 Å². The zero-order valence-electron chi connectivity index (χ0n) is 10.0. The van der Waals surface area contributed by atoms with Gasteiger partial charge in [0.25, 0.3) is 6.47 Å². The number of ketones is 2. The van der Waals surface area contributed by atoms with E-state index in [1.54, 1.807) is 6.92 Å². The maximum Gasteiger partial charge on any atom is 0.310 e. The Balaban J connectivity index is 2.44. The van der Waals surface area contributed by atoms with Gasteiger partial charge in [-0.1, -0.05) is 19.1 Å². The third kappa shape index (κ3) is 2.12. The van der Waals surface area contributed by atoms with Crippen molar-refractivity contribution in [2.75, 3.05) is 0 Å². The Hall–Kier alpha value is -2.50. The van der Waals surface area contributed by atoms with Crippen LogP contribution >= 0.6 is 0 Å². The molecule has 1 aliphatic carbocycles. The molecular formula is C13H10O6. The van der Waals surface area contributed by atoms with E-state index in [0.717, 1.165) is 0 Å². The van der Waals surface area contributed by atoms with Crippen LogP contribution in [0, 0.1) is 0 Å². The zero-order valence-corrected chi connectivity index (χ0v) is 10.0. The molecule has 1 aliphatic rings. The SMILES string of the molecule is CCC(=O)Oc1cccc2c1C(=O)C(OC=O)C2=O. The zero-order chi connectivity index (χ0) is 14.0. The molecule has 2 rings (SSSR count). The number of ether oxygens (including phenoxy) is 2. The average molecular weight is 262 g/mol. The van der Waals surface area contributed by atoms with E-state index < -0.39 is 23.6 Å². The number of benzene rings is 1. The monoisotopic (exact) mass is 262 g/mol. The van der Waals surface area contributed by atoms with Crippen LogP contribution in [0.5, 0.6) is 5.75 Å². The predicted molar refractivity (Wildman–Crippen MR) is 62.0 cm³/mol. The van der Waals surface area contributed by atoms with Crippen LogP contribution in [-0.4, -0.2) is 30.1 Å². The smallest absolute Gasteiger partial charge is 0.310 e. The Labute approximate surface area is 108 Å². The van der Waals surface area contributed by atoms with Gasteiger partial charge >= 0.3 is 5.97 Å². The van der Waals surface area contributed by atoms with Crippen molar-refractivity contribution < 1.29 is 28.7 Å². The topological polar surface area (TPSA) is 86.7 Å². The lowest BCUT2D eigenvalue weighted by Crippen LogP contribution is -2.25. The summed E-state index contributed by atoms with van der Waals surface area (Å²) in [6, 6.07) is 4.33. The predicted octanol–water partition coefficient (Wildman–Crippen LogP) is 0.923. The van der Waals surface area contributed by atoms with E-state index in [2.05, 4.69) is 4.74 Å². The van der Waals surface area contributed by atoms with Gasteiger partial charge in [0.2, 0.25) is 17.7 Å². The molecule has 98 valence electrons. The van der Waals surface area contributed by atoms with Gasteiger partial charge in [-0.2, -0.15) is 0 Å². The van der Waals surface area contributed by atoms with Crippen molar-refractivity contribution in [1.82, 2.24) is 0 Å². The molecule has 0 amide bonds. The van der Waals surface area contributed by atoms with Crippen molar-refractivity contribution in [2.45, 2.75) is 19.4 Å². The summed E-state index contributed by atoms with van der Waals surface area (Å²) in [5.41, 5.74) is 0.0828. The Morgan fingerprint density at radius 3 is 2.68 bits per heavy atom. The summed E-state index contributed by atoms with van der Waals surface area (Å²) in [6.45, 7) is 1.65. The van der Waals surface area contributed by atoms with E-state index in [-0.39, 0.29) is 29.8 Å². The standard InChI is InChI=1S/C13H10O6/c1-2-9(15)19-8-5-3-4-7-10(8)12(17)13(11(7)16)18-6-14/h3-6,13H,2H2,1H3. The molecule has 0 saturated heterocycles. The number of carbonyl (C=O) groups is 4. The summed E-state index contributed by atoms with van der Waals surface area (Å²) in [5.74, 6) is -1.79. The molecule has 0 heterocycles. The minimum absolute atomic E-state index is 0.0128. The normalized spacial score (nSPS) is 17.0. The lowest BCUT2D eigenvalue weighted by Gasteiger charge is -2.06. The molecule has 19 heavy (non-hydrogen) atoms. The summed E-state index contributed by atoms with van der Waals surface area (Å²) in [7, 11) is 0. The van der Waals surface area contributed by atoms with E-state index in [0.29, 0.717) is 0 Å². The first-order valence-electron chi connectivity index (χ1n) is 5.61. The minimum atomic E-state index is -1.48. The largest absolute Gasteiger partial charge is 0.448 e.